The number of carboxylic acids is 1. The van der Waals surface area contributed by atoms with Gasteiger partial charge in [0.1, 0.15) is 0 Å². The third kappa shape index (κ3) is 3.22. The van der Waals surface area contributed by atoms with Crippen LogP contribution in [-0.4, -0.2) is 59.9 Å². The van der Waals surface area contributed by atoms with Crippen molar-refractivity contribution in [2.24, 2.45) is 0 Å². The van der Waals surface area contributed by atoms with Crippen LogP contribution in [0.25, 0.3) is 0 Å². The van der Waals surface area contributed by atoms with Gasteiger partial charge in [0.05, 0.1) is 12.5 Å². The number of nitrogens with zero attached hydrogens (tertiary/aromatic N) is 1. The van der Waals surface area contributed by atoms with Crippen LogP contribution in [0.2, 0.25) is 0 Å². The van der Waals surface area contributed by atoms with Crippen LogP contribution in [-0.2, 0) is 9.53 Å². The van der Waals surface area contributed by atoms with Crippen LogP contribution in [0, 0.1) is 0 Å². The van der Waals surface area contributed by atoms with E-state index in [1.54, 1.807) is 0 Å². The topological polar surface area (TPSA) is 61.8 Å². The standard InChI is InChI=1S/C13H24N2O3/c1-13(2)9-14-7-10(6-12(16)17)15(13)8-11-4-3-5-18-11/h10-11,14H,3-9H2,1-2H3,(H,16,17). The van der Waals surface area contributed by atoms with Gasteiger partial charge in [0.2, 0.25) is 0 Å². The van der Waals surface area contributed by atoms with E-state index in [-0.39, 0.29) is 24.1 Å². The fraction of sp³-hybridized carbons (Fsp3) is 0.923. The molecule has 2 atom stereocenters. The number of piperazine rings is 1. The van der Waals surface area contributed by atoms with E-state index in [4.69, 9.17) is 9.84 Å². The molecule has 0 radical (unpaired) electrons. The van der Waals surface area contributed by atoms with Gasteiger partial charge in [0.15, 0.2) is 0 Å². The van der Waals surface area contributed by atoms with Crippen molar-refractivity contribution < 1.29 is 14.6 Å². The molecule has 0 bridgehead atoms. The molecule has 0 amide bonds. The number of ether oxygens (including phenoxy) is 1. The minimum Gasteiger partial charge on any atom is -0.481 e. The van der Waals surface area contributed by atoms with Gasteiger partial charge in [-0.15, -0.1) is 0 Å². The Kier molecular flexibility index (Phi) is 4.25. The first-order chi connectivity index (χ1) is 8.49. The molecule has 2 saturated heterocycles. The SMILES string of the molecule is CC1(C)CNCC(CC(=O)O)N1CC1CCCO1. The van der Waals surface area contributed by atoms with E-state index in [0.717, 1.165) is 39.1 Å². The van der Waals surface area contributed by atoms with Gasteiger partial charge in [-0.2, -0.15) is 0 Å². The van der Waals surface area contributed by atoms with E-state index in [2.05, 4.69) is 24.1 Å². The van der Waals surface area contributed by atoms with Crippen molar-refractivity contribution in [3.05, 3.63) is 0 Å². The molecule has 18 heavy (non-hydrogen) atoms. The quantitative estimate of drug-likeness (QED) is 0.775. The third-order valence-corrected chi connectivity index (χ3v) is 3.99. The van der Waals surface area contributed by atoms with E-state index in [0.29, 0.717) is 0 Å². The van der Waals surface area contributed by atoms with Crippen LogP contribution < -0.4 is 5.32 Å². The summed E-state index contributed by atoms with van der Waals surface area (Å²) in [4.78, 5) is 13.3. The van der Waals surface area contributed by atoms with Crippen LogP contribution >= 0.6 is 0 Å². The lowest BCUT2D eigenvalue weighted by Gasteiger charge is -2.48. The predicted molar refractivity (Wildman–Crippen MR) is 68.7 cm³/mol. The second-order valence-electron chi connectivity index (χ2n) is 5.98. The number of aliphatic carboxylic acids is 1. The fourth-order valence-electron chi connectivity index (χ4n) is 3.04. The van der Waals surface area contributed by atoms with Crippen LogP contribution in [0.5, 0.6) is 0 Å². The molecule has 2 heterocycles. The van der Waals surface area contributed by atoms with Gasteiger partial charge >= 0.3 is 5.97 Å². The summed E-state index contributed by atoms with van der Waals surface area (Å²) in [7, 11) is 0. The van der Waals surface area contributed by atoms with Gasteiger partial charge in [0.25, 0.3) is 0 Å². The Balaban J connectivity index is 2.03. The molecular formula is C13H24N2O3. The molecule has 2 rings (SSSR count). The summed E-state index contributed by atoms with van der Waals surface area (Å²) in [6.07, 6.45) is 2.70. The summed E-state index contributed by atoms with van der Waals surface area (Å²) in [6, 6.07) is 0.0652. The highest BCUT2D eigenvalue weighted by Crippen LogP contribution is 2.25. The summed E-state index contributed by atoms with van der Waals surface area (Å²) >= 11 is 0. The van der Waals surface area contributed by atoms with Gasteiger partial charge in [-0.25, -0.2) is 0 Å². The molecule has 104 valence electrons. The maximum Gasteiger partial charge on any atom is 0.304 e. The molecule has 0 aromatic carbocycles. The number of carboxylic acid groups (broad SMARTS) is 1. The molecule has 2 unspecified atom stereocenters. The van der Waals surface area contributed by atoms with Gasteiger partial charge in [-0.3, -0.25) is 9.69 Å². The number of hydrogen-bond donors (Lipinski definition) is 2. The third-order valence-electron chi connectivity index (χ3n) is 3.99. The Labute approximate surface area is 108 Å². The zero-order valence-electron chi connectivity index (χ0n) is 11.3. The summed E-state index contributed by atoms with van der Waals surface area (Å²) in [5.74, 6) is -0.725. The van der Waals surface area contributed by atoms with Gasteiger partial charge in [-0.1, -0.05) is 0 Å². The Morgan fingerprint density at radius 1 is 1.56 bits per heavy atom. The van der Waals surface area contributed by atoms with Crippen LogP contribution in [0.1, 0.15) is 33.1 Å². The normalized spacial score (nSPS) is 32.6. The first-order valence-corrected chi connectivity index (χ1v) is 6.80. The van der Waals surface area contributed by atoms with Crippen molar-refractivity contribution in [1.82, 2.24) is 10.2 Å². The summed E-state index contributed by atoms with van der Waals surface area (Å²) < 4.78 is 5.69. The summed E-state index contributed by atoms with van der Waals surface area (Å²) in [5.41, 5.74) is -0.00961. The van der Waals surface area contributed by atoms with Crippen molar-refractivity contribution in [2.45, 2.75) is 50.8 Å². The van der Waals surface area contributed by atoms with E-state index >= 15 is 0 Å². The van der Waals surface area contributed by atoms with Gasteiger partial charge in [-0.05, 0) is 26.7 Å². The highest BCUT2D eigenvalue weighted by Gasteiger charge is 2.38. The van der Waals surface area contributed by atoms with E-state index in [1.165, 1.54) is 0 Å². The van der Waals surface area contributed by atoms with E-state index < -0.39 is 5.97 Å². The molecular weight excluding hydrogens is 232 g/mol. The first kappa shape index (κ1) is 13.8. The highest BCUT2D eigenvalue weighted by molar-refractivity contribution is 5.67. The number of nitrogens with one attached hydrogen (secondary N) is 1. The molecule has 5 heteroatoms. The smallest absolute Gasteiger partial charge is 0.304 e. The Bertz CT molecular complexity index is 301. The molecule has 2 aliphatic rings. The second-order valence-corrected chi connectivity index (χ2v) is 5.98. The zero-order valence-corrected chi connectivity index (χ0v) is 11.3. The second kappa shape index (κ2) is 5.55. The lowest BCUT2D eigenvalue weighted by Crippen LogP contribution is -2.64. The molecule has 0 aliphatic carbocycles. The number of hydrogen-bond acceptors (Lipinski definition) is 4. The van der Waals surface area contributed by atoms with Crippen LogP contribution in [0.15, 0.2) is 0 Å². The van der Waals surface area contributed by atoms with Crippen LogP contribution in [0.4, 0.5) is 0 Å². The maximum absolute atomic E-state index is 11.0. The zero-order chi connectivity index (χ0) is 13.2. The average Bonchev–Trinajstić information content (AvgIpc) is 2.74. The maximum atomic E-state index is 11.0. The first-order valence-electron chi connectivity index (χ1n) is 6.80. The molecule has 2 N–H and O–H groups in total. The fourth-order valence-corrected chi connectivity index (χ4v) is 3.04. The lowest BCUT2D eigenvalue weighted by molar-refractivity contribution is -0.139. The van der Waals surface area contributed by atoms with Crippen molar-refractivity contribution in [3.63, 3.8) is 0 Å². The average molecular weight is 256 g/mol. The highest BCUT2D eigenvalue weighted by atomic mass is 16.5. The summed E-state index contributed by atoms with van der Waals surface area (Å²) in [6.45, 7) is 7.69. The summed E-state index contributed by atoms with van der Waals surface area (Å²) in [5, 5.41) is 12.4. The van der Waals surface area contributed by atoms with Crippen LogP contribution in [0.3, 0.4) is 0 Å². The molecule has 2 aliphatic heterocycles. The van der Waals surface area contributed by atoms with E-state index in [1.807, 2.05) is 0 Å². The Hall–Kier alpha value is -0.650. The van der Waals surface area contributed by atoms with Gasteiger partial charge < -0.3 is 15.2 Å². The minimum absolute atomic E-state index is 0.00961. The van der Waals surface area contributed by atoms with Crippen molar-refractivity contribution in [1.29, 1.82) is 0 Å². The van der Waals surface area contributed by atoms with Crippen molar-refractivity contribution in [2.75, 3.05) is 26.2 Å². The molecule has 0 aromatic rings. The number of rotatable bonds is 4. The largest absolute Gasteiger partial charge is 0.481 e. The molecule has 5 nitrogen and oxygen atoms in total. The Morgan fingerprint density at radius 3 is 2.94 bits per heavy atom. The minimum atomic E-state index is -0.725. The Morgan fingerprint density at radius 2 is 2.33 bits per heavy atom. The van der Waals surface area contributed by atoms with Gasteiger partial charge in [0, 0.05) is 37.8 Å². The molecule has 0 saturated carbocycles. The van der Waals surface area contributed by atoms with Crippen molar-refractivity contribution >= 4 is 5.97 Å². The molecule has 2 fully saturated rings. The lowest BCUT2D eigenvalue weighted by atomic mass is 9.94. The predicted octanol–water partition coefficient (Wildman–Crippen LogP) is 0.693. The molecule has 0 spiro atoms. The number of carbonyl (C=O) groups is 1. The van der Waals surface area contributed by atoms with Crippen molar-refractivity contribution in [3.8, 4) is 0 Å². The monoisotopic (exact) mass is 256 g/mol. The van der Waals surface area contributed by atoms with E-state index in [9.17, 15) is 4.79 Å². The molecule has 0 aromatic heterocycles.